The number of benzene rings is 3. The van der Waals surface area contributed by atoms with Crippen LogP contribution in [0, 0.1) is 0 Å². The lowest BCUT2D eigenvalue weighted by molar-refractivity contribution is -0.131. The Balaban J connectivity index is 1.46. The molecular weight excluding hydrogens is 563 g/mol. The summed E-state index contributed by atoms with van der Waals surface area (Å²) in [5, 5.41) is 2.69. The number of halogens is 4. The van der Waals surface area contributed by atoms with Crippen molar-refractivity contribution in [3.05, 3.63) is 67.5 Å². The Labute approximate surface area is 199 Å². The van der Waals surface area contributed by atoms with Crippen LogP contribution in [0.4, 0.5) is 0 Å². The summed E-state index contributed by atoms with van der Waals surface area (Å²) in [6.07, 6.45) is 0. The normalized spacial score (nSPS) is 10.5. The first-order chi connectivity index (χ1) is 14.3. The smallest absolute Gasteiger partial charge is 0.276 e. The lowest BCUT2D eigenvalue weighted by atomic mass is 10.1. The minimum absolute atomic E-state index is 0.279. The van der Waals surface area contributed by atoms with Crippen molar-refractivity contribution in [2.24, 2.45) is 0 Å². The van der Waals surface area contributed by atoms with Gasteiger partial charge in [0.15, 0.2) is 13.2 Å². The molecule has 0 aliphatic carbocycles. The number of rotatable bonds is 6. The van der Waals surface area contributed by atoms with E-state index in [0.717, 1.165) is 19.7 Å². The minimum Gasteiger partial charge on any atom is -0.483 e. The summed E-state index contributed by atoms with van der Waals surface area (Å²) in [5.74, 6) is -0.284. The summed E-state index contributed by atoms with van der Waals surface area (Å²) in [6.45, 7) is -0.626. The van der Waals surface area contributed by atoms with Crippen LogP contribution in [0.2, 0.25) is 10.0 Å². The zero-order valence-corrected chi connectivity index (χ0v) is 19.9. The van der Waals surface area contributed by atoms with Crippen molar-refractivity contribution in [3.63, 3.8) is 0 Å². The highest BCUT2D eigenvalue weighted by Gasteiger charge is 2.11. The van der Waals surface area contributed by atoms with E-state index >= 15 is 0 Å². The third-order valence-corrected chi connectivity index (χ3v) is 5.68. The van der Waals surface area contributed by atoms with Gasteiger partial charge in [-0.1, -0.05) is 51.3 Å². The third kappa shape index (κ3) is 6.01. The number of nitrogens with one attached hydrogen (secondary N) is 2. The van der Waals surface area contributed by atoms with Gasteiger partial charge < -0.3 is 9.47 Å². The Kier molecular flexibility index (Phi) is 7.82. The van der Waals surface area contributed by atoms with E-state index in [1.54, 1.807) is 18.2 Å². The molecule has 3 aromatic carbocycles. The zero-order chi connectivity index (χ0) is 21.7. The van der Waals surface area contributed by atoms with Gasteiger partial charge in [-0.2, -0.15) is 0 Å². The second kappa shape index (κ2) is 10.3. The van der Waals surface area contributed by atoms with Crippen molar-refractivity contribution in [3.8, 4) is 11.5 Å². The van der Waals surface area contributed by atoms with Gasteiger partial charge in [-0.3, -0.25) is 20.4 Å². The monoisotopic (exact) mass is 574 g/mol. The highest BCUT2D eigenvalue weighted by atomic mass is 79.9. The van der Waals surface area contributed by atoms with E-state index < -0.39 is 11.8 Å². The molecule has 10 heteroatoms. The maximum Gasteiger partial charge on any atom is 0.276 e. The van der Waals surface area contributed by atoms with Crippen molar-refractivity contribution < 1.29 is 19.1 Å². The maximum absolute atomic E-state index is 12.0. The fraction of sp³-hybridized carbons (Fsp3) is 0.100. The van der Waals surface area contributed by atoms with Crippen molar-refractivity contribution in [2.75, 3.05) is 13.2 Å². The molecule has 0 fully saturated rings. The number of carbonyl (C=O) groups excluding carboxylic acids is 2. The predicted molar refractivity (Wildman–Crippen MR) is 123 cm³/mol. The highest BCUT2D eigenvalue weighted by molar-refractivity contribution is 9.11. The molecular formula is C20H14Br2Cl2N2O4. The number of hydrogen-bond acceptors (Lipinski definition) is 4. The molecule has 3 aromatic rings. The molecule has 0 unspecified atom stereocenters. The van der Waals surface area contributed by atoms with E-state index in [1.165, 1.54) is 6.07 Å². The SMILES string of the molecule is O=C(COc1ccc(Cl)cc1Cl)NNC(=O)COc1ccc2cc(Br)ccc2c1Br. The van der Waals surface area contributed by atoms with Gasteiger partial charge in [-0.15, -0.1) is 0 Å². The first-order valence-electron chi connectivity index (χ1n) is 8.49. The Morgan fingerprint density at radius 1 is 0.833 bits per heavy atom. The summed E-state index contributed by atoms with van der Waals surface area (Å²) in [6, 6.07) is 14.1. The molecule has 0 radical (unpaired) electrons. The Morgan fingerprint density at radius 3 is 2.13 bits per heavy atom. The second-order valence-electron chi connectivity index (χ2n) is 5.99. The zero-order valence-electron chi connectivity index (χ0n) is 15.2. The molecule has 0 spiro atoms. The molecule has 0 heterocycles. The lowest BCUT2D eigenvalue weighted by Gasteiger charge is -2.12. The molecule has 2 N–H and O–H groups in total. The molecule has 2 amide bonds. The summed E-state index contributed by atoms with van der Waals surface area (Å²) in [7, 11) is 0. The van der Waals surface area contributed by atoms with Crippen LogP contribution in [0.5, 0.6) is 11.5 Å². The Hall–Kier alpha value is -2.00. The number of carbonyl (C=O) groups is 2. The predicted octanol–water partition coefficient (Wildman–Crippen LogP) is 5.28. The fourth-order valence-corrected chi connectivity index (χ4v) is 3.89. The van der Waals surface area contributed by atoms with Gasteiger partial charge in [0.05, 0.1) is 9.50 Å². The molecule has 30 heavy (non-hydrogen) atoms. The van der Waals surface area contributed by atoms with Gasteiger partial charge in [-0.25, -0.2) is 0 Å². The van der Waals surface area contributed by atoms with Gasteiger partial charge in [0.25, 0.3) is 11.8 Å². The quantitative estimate of drug-likeness (QED) is 0.392. The molecule has 0 atom stereocenters. The van der Waals surface area contributed by atoms with Crippen LogP contribution in [0.1, 0.15) is 0 Å². The van der Waals surface area contributed by atoms with Crippen LogP contribution in [-0.4, -0.2) is 25.0 Å². The standard InChI is InChI=1S/C20H14Br2Cl2N2O4/c21-12-2-4-14-11(7-12)1-5-17(20(14)22)30-10-19(28)26-25-18(27)9-29-16-6-3-13(23)8-15(16)24/h1-8H,9-10H2,(H,25,27)(H,26,28). The Morgan fingerprint density at radius 2 is 1.47 bits per heavy atom. The van der Waals surface area contributed by atoms with Crippen molar-refractivity contribution in [1.82, 2.24) is 10.9 Å². The van der Waals surface area contributed by atoms with Crippen LogP contribution in [0.3, 0.4) is 0 Å². The van der Waals surface area contributed by atoms with E-state index in [0.29, 0.717) is 16.5 Å². The van der Waals surface area contributed by atoms with Gasteiger partial charge in [0.1, 0.15) is 11.5 Å². The van der Waals surface area contributed by atoms with Crippen LogP contribution in [0.15, 0.2) is 57.5 Å². The van der Waals surface area contributed by atoms with Gasteiger partial charge in [0, 0.05) is 9.50 Å². The molecule has 0 aromatic heterocycles. The first kappa shape index (κ1) is 22.7. The molecule has 0 saturated heterocycles. The molecule has 0 bridgehead atoms. The number of fused-ring (bicyclic) bond motifs is 1. The summed E-state index contributed by atoms with van der Waals surface area (Å²) in [5.41, 5.74) is 4.50. The number of hydrazine groups is 1. The van der Waals surface area contributed by atoms with Gasteiger partial charge >= 0.3 is 0 Å². The summed E-state index contributed by atoms with van der Waals surface area (Å²) < 4.78 is 12.5. The molecule has 0 aliphatic rings. The third-order valence-electron chi connectivity index (χ3n) is 3.83. The van der Waals surface area contributed by atoms with E-state index in [9.17, 15) is 9.59 Å². The van der Waals surface area contributed by atoms with Gasteiger partial charge in [0.2, 0.25) is 0 Å². The fourth-order valence-electron chi connectivity index (χ4n) is 2.44. The summed E-state index contributed by atoms with van der Waals surface area (Å²) >= 11 is 18.7. The number of ether oxygens (including phenoxy) is 2. The van der Waals surface area contributed by atoms with Crippen molar-refractivity contribution >= 4 is 77.6 Å². The maximum atomic E-state index is 12.0. The second-order valence-corrected chi connectivity index (χ2v) is 8.54. The average molecular weight is 577 g/mol. The van der Waals surface area contributed by atoms with E-state index in [2.05, 4.69) is 42.7 Å². The van der Waals surface area contributed by atoms with E-state index in [1.807, 2.05) is 24.3 Å². The van der Waals surface area contributed by atoms with Crippen LogP contribution >= 0.6 is 55.1 Å². The highest BCUT2D eigenvalue weighted by Crippen LogP contribution is 2.34. The molecule has 0 saturated carbocycles. The van der Waals surface area contributed by atoms with Crippen LogP contribution in [0.25, 0.3) is 10.8 Å². The molecule has 3 rings (SSSR count). The largest absolute Gasteiger partial charge is 0.483 e. The minimum atomic E-state index is -0.563. The lowest BCUT2D eigenvalue weighted by Crippen LogP contribution is -2.45. The summed E-state index contributed by atoms with van der Waals surface area (Å²) in [4.78, 5) is 23.8. The molecule has 6 nitrogen and oxygen atoms in total. The van der Waals surface area contributed by atoms with E-state index in [-0.39, 0.29) is 18.2 Å². The topological polar surface area (TPSA) is 76.7 Å². The molecule has 0 aliphatic heterocycles. The van der Waals surface area contributed by atoms with Crippen LogP contribution in [-0.2, 0) is 9.59 Å². The van der Waals surface area contributed by atoms with Crippen molar-refractivity contribution in [1.29, 1.82) is 0 Å². The van der Waals surface area contributed by atoms with E-state index in [4.69, 9.17) is 32.7 Å². The number of amides is 2. The van der Waals surface area contributed by atoms with Crippen molar-refractivity contribution in [2.45, 2.75) is 0 Å². The van der Waals surface area contributed by atoms with Crippen LogP contribution < -0.4 is 20.3 Å². The average Bonchev–Trinajstić information content (AvgIpc) is 2.71. The Bertz CT molecular complexity index is 1110. The van der Waals surface area contributed by atoms with Gasteiger partial charge in [-0.05, 0) is 63.1 Å². The molecule has 156 valence electrons. The first-order valence-corrected chi connectivity index (χ1v) is 10.8. The number of hydrogen-bond donors (Lipinski definition) is 2.